The van der Waals surface area contributed by atoms with Crippen molar-refractivity contribution in [1.29, 1.82) is 0 Å². The van der Waals surface area contributed by atoms with E-state index in [2.05, 4.69) is 30.9 Å². The van der Waals surface area contributed by atoms with Crippen LogP contribution in [0.15, 0.2) is 91.9 Å². The summed E-state index contributed by atoms with van der Waals surface area (Å²) in [7, 11) is 2.00. The van der Waals surface area contributed by atoms with Gasteiger partial charge in [-0.05, 0) is 42.5 Å². The molecule has 6 heteroatoms. The van der Waals surface area contributed by atoms with Gasteiger partial charge in [-0.15, -0.1) is 0 Å². The van der Waals surface area contributed by atoms with Crippen molar-refractivity contribution < 1.29 is 0 Å². The fraction of sp³-hybridized carbons (Fsp3) is 0.0909. The SMILES string of the molecule is CN(c1cccnc1)c1ncccc1CN(c1cccnc1)c1cccnc1. The molecule has 6 nitrogen and oxygen atoms in total. The lowest BCUT2D eigenvalue weighted by molar-refractivity contribution is 0.940. The van der Waals surface area contributed by atoms with Crippen molar-refractivity contribution in [3.05, 3.63) is 97.5 Å². The topological polar surface area (TPSA) is 58.0 Å². The highest BCUT2D eigenvalue weighted by Crippen LogP contribution is 2.30. The molecule has 0 atom stereocenters. The van der Waals surface area contributed by atoms with E-state index in [1.807, 2.05) is 79.2 Å². The summed E-state index contributed by atoms with van der Waals surface area (Å²) in [4.78, 5) is 21.6. The van der Waals surface area contributed by atoms with Crippen LogP contribution in [-0.4, -0.2) is 27.0 Å². The minimum Gasteiger partial charge on any atom is -0.334 e. The van der Waals surface area contributed by atoms with Crippen molar-refractivity contribution in [3.63, 3.8) is 0 Å². The highest BCUT2D eigenvalue weighted by molar-refractivity contribution is 5.65. The molecule has 0 aliphatic heterocycles. The first kappa shape index (κ1) is 17.6. The van der Waals surface area contributed by atoms with E-state index in [1.165, 1.54) is 0 Å². The van der Waals surface area contributed by atoms with Gasteiger partial charge in [0.15, 0.2) is 0 Å². The van der Waals surface area contributed by atoms with E-state index in [0.29, 0.717) is 6.54 Å². The molecule has 28 heavy (non-hydrogen) atoms. The zero-order valence-electron chi connectivity index (χ0n) is 15.6. The van der Waals surface area contributed by atoms with E-state index in [0.717, 1.165) is 28.4 Å². The molecule has 0 N–H and O–H groups in total. The summed E-state index contributed by atoms with van der Waals surface area (Å²) < 4.78 is 0. The van der Waals surface area contributed by atoms with Gasteiger partial charge in [-0.25, -0.2) is 4.98 Å². The van der Waals surface area contributed by atoms with Gasteiger partial charge in [0.05, 0.1) is 42.2 Å². The average Bonchev–Trinajstić information content (AvgIpc) is 2.79. The monoisotopic (exact) mass is 368 g/mol. The molecule has 4 rings (SSSR count). The van der Waals surface area contributed by atoms with Crippen molar-refractivity contribution >= 4 is 22.9 Å². The molecule has 0 radical (unpaired) electrons. The lowest BCUT2D eigenvalue weighted by Gasteiger charge is -2.27. The highest BCUT2D eigenvalue weighted by Gasteiger charge is 2.16. The lowest BCUT2D eigenvalue weighted by atomic mass is 10.2. The maximum absolute atomic E-state index is 4.64. The van der Waals surface area contributed by atoms with E-state index in [-0.39, 0.29) is 0 Å². The van der Waals surface area contributed by atoms with E-state index in [1.54, 1.807) is 18.6 Å². The van der Waals surface area contributed by atoms with Gasteiger partial charge in [0.2, 0.25) is 0 Å². The molecule has 0 bridgehead atoms. The molecule has 4 aromatic heterocycles. The summed E-state index contributed by atoms with van der Waals surface area (Å²) in [5.74, 6) is 0.883. The van der Waals surface area contributed by atoms with Crippen LogP contribution in [0.25, 0.3) is 0 Å². The van der Waals surface area contributed by atoms with Gasteiger partial charge in [-0.1, -0.05) is 6.07 Å². The second kappa shape index (κ2) is 8.26. The second-order valence-electron chi connectivity index (χ2n) is 6.26. The number of hydrogen-bond donors (Lipinski definition) is 0. The molecule has 0 fully saturated rings. The first-order valence-electron chi connectivity index (χ1n) is 8.98. The Labute approximate surface area is 164 Å². The summed E-state index contributed by atoms with van der Waals surface area (Å²) in [6.07, 6.45) is 12.7. The van der Waals surface area contributed by atoms with Crippen LogP contribution in [0, 0.1) is 0 Å². The Balaban J connectivity index is 1.72. The molecule has 0 aliphatic carbocycles. The third-order valence-electron chi connectivity index (χ3n) is 4.46. The van der Waals surface area contributed by atoms with Crippen molar-refractivity contribution in [2.24, 2.45) is 0 Å². The van der Waals surface area contributed by atoms with Gasteiger partial charge in [-0.3, -0.25) is 15.0 Å². The molecule has 0 aromatic carbocycles. The fourth-order valence-electron chi connectivity index (χ4n) is 3.06. The minimum absolute atomic E-state index is 0.630. The van der Waals surface area contributed by atoms with Gasteiger partial charge in [0, 0.05) is 37.4 Å². The third kappa shape index (κ3) is 3.81. The maximum atomic E-state index is 4.64. The Hall–Kier alpha value is -3.80. The standard InChI is InChI=1S/C22H20N6/c1-27(19-7-3-10-23-14-19)22-18(6-2-13-26-22)17-28(20-8-4-11-24-15-20)21-9-5-12-25-16-21/h2-16H,17H2,1H3. The summed E-state index contributed by atoms with van der Waals surface area (Å²) in [6, 6.07) is 15.9. The van der Waals surface area contributed by atoms with Crippen molar-refractivity contribution in [2.45, 2.75) is 6.54 Å². The van der Waals surface area contributed by atoms with Crippen LogP contribution in [-0.2, 0) is 6.54 Å². The Morgan fingerprint density at radius 2 is 1.21 bits per heavy atom. The van der Waals surface area contributed by atoms with Crippen LogP contribution >= 0.6 is 0 Å². The molecule has 0 amide bonds. The fourth-order valence-corrected chi connectivity index (χ4v) is 3.06. The predicted octanol–water partition coefficient (Wildman–Crippen LogP) is 4.37. The third-order valence-corrected chi connectivity index (χ3v) is 4.46. The summed E-state index contributed by atoms with van der Waals surface area (Å²) in [6.45, 7) is 0.630. The molecule has 138 valence electrons. The quantitative estimate of drug-likeness (QED) is 0.504. The van der Waals surface area contributed by atoms with Gasteiger partial charge < -0.3 is 9.80 Å². The Morgan fingerprint density at radius 1 is 0.679 bits per heavy atom. The van der Waals surface area contributed by atoms with Gasteiger partial charge in [0.1, 0.15) is 5.82 Å². The van der Waals surface area contributed by atoms with Crippen LogP contribution in [0.1, 0.15) is 5.56 Å². The molecule has 0 saturated carbocycles. The van der Waals surface area contributed by atoms with E-state index < -0.39 is 0 Å². The van der Waals surface area contributed by atoms with Crippen LogP contribution < -0.4 is 9.80 Å². The van der Waals surface area contributed by atoms with E-state index >= 15 is 0 Å². The van der Waals surface area contributed by atoms with Gasteiger partial charge in [0.25, 0.3) is 0 Å². The number of nitrogens with zero attached hydrogens (tertiary/aromatic N) is 6. The van der Waals surface area contributed by atoms with Crippen molar-refractivity contribution in [3.8, 4) is 0 Å². The van der Waals surface area contributed by atoms with Crippen LogP contribution in [0.3, 0.4) is 0 Å². The molecule has 0 aliphatic rings. The first-order valence-corrected chi connectivity index (χ1v) is 8.98. The summed E-state index contributed by atoms with van der Waals surface area (Å²) in [5.41, 5.74) is 4.06. The number of hydrogen-bond acceptors (Lipinski definition) is 6. The minimum atomic E-state index is 0.630. The number of pyridine rings is 4. The predicted molar refractivity (Wildman–Crippen MR) is 111 cm³/mol. The molecule has 4 heterocycles. The summed E-state index contributed by atoms with van der Waals surface area (Å²) >= 11 is 0. The Bertz CT molecular complexity index is 969. The molecule has 4 aromatic rings. The first-order chi connectivity index (χ1) is 13.8. The molecule has 0 saturated heterocycles. The molecule has 0 unspecified atom stereocenters. The van der Waals surface area contributed by atoms with Crippen LogP contribution in [0.4, 0.5) is 22.9 Å². The van der Waals surface area contributed by atoms with E-state index in [4.69, 9.17) is 0 Å². The van der Waals surface area contributed by atoms with Crippen LogP contribution in [0.5, 0.6) is 0 Å². The smallest absolute Gasteiger partial charge is 0.137 e. The van der Waals surface area contributed by atoms with Crippen LogP contribution in [0.2, 0.25) is 0 Å². The zero-order chi connectivity index (χ0) is 19.2. The average molecular weight is 368 g/mol. The number of anilines is 4. The normalized spacial score (nSPS) is 10.5. The maximum Gasteiger partial charge on any atom is 0.137 e. The number of rotatable bonds is 6. The molecular weight excluding hydrogens is 348 g/mol. The largest absolute Gasteiger partial charge is 0.334 e. The zero-order valence-corrected chi connectivity index (χ0v) is 15.6. The molecule has 0 spiro atoms. The van der Waals surface area contributed by atoms with E-state index in [9.17, 15) is 0 Å². The Kier molecular flexibility index (Phi) is 5.20. The van der Waals surface area contributed by atoms with Crippen molar-refractivity contribution in [2.75, 3.05) is 16.8 Å². The molecular formula is C22H20N6. The van der Waals surface area contributed by atoms with Gasteiger partial charge in [-0.2, -0.15) is 0 Å². The van der Waals surface area contributed by atoms with Gasteiger partial charge >= 0.3 is 0 Å². The number of aromatic nitrogens is 4. The second-order valence-corrected chi connectivity index (χ2v) is 6.26. The summed E-state index contributed by atoms with van der Waals surface area (Å²) in [5, 5.41) is 0. The highest BCUT2D eigenvalue weighted by atomic mass is 15.2. The lowest BCUT2D eigenvalue weighted by Crippen LogP contribution is -2.20. The van der Waals surface area contributed by atoms with Crippen molar-refractivity contribution in [1.82, 2.24) is 19.9 Å². The Morgan fingerprint density at radius 3 is 1.75 bits per heavy atom.